The highest BCUT2D eigenvalue weighted by atomic mass is 16.4. The fourth-order valence-electron chi connectivity index (χ4n) is 2.76. The highest BCUT2D eigenvalue weighted by Crippen LogP contribution is 2.33. The third-order valence-electron chi connectivity index (χ3n) is 3.77. The lowest BCUT2D eigenvalue weighted by atomic mass is 9.76. The fourth-order valence-corrected chi connectivity index (χ4v) is 2.76. The molecule has 0 unspecified atom stereocenters. The molecule has 1 aliphatic rings. The molecular weight excluding hydrogens is 228 g/mol. The zero-order chi connectivity index (χ0) is 13.0. The van der Waals surface area contributed by atoms with E-state index in [-0.39, 0.29) is 17.6 Å². The normalized spacial score (nSPS) is 23.6. The lowest BCUT2D eigenvalue weighted by molar-refractivity contribution is -0.144. The molecule has 0 aliphatic heterocycles. The van der Waals surface area contributed by atoms with E-state index in [0.717, 1.165) is 19.3 Å². The number of hydrogen-bond donors (Lipinski definition) is 1. The zero-order valence-corrected chi connectivity index (χ0v) is 10.3. The van der Waals surface area contributed by atoms with Crippen molar-refractivity contribution in [3.63, 3.8) is 0 Å². The number of rotatable bonds is 4. The monoisotopic (exact) mass is 246 g/mol. The summed E-state index contributed by atoms with van der Waals surface area (Å²) in [6, 6.07) is 9.13. The van der Waals surface area contributed by atoms with Gasteiger partial charge in [0.1, 0.15) is 0 Å². The third kappa shape index (κ3) is 2.97. The van der Waals surface area contributed by atoms with E-state index < -0.39 is 5.97 Å². The Hall–Kier alpha value is -1.64. The van der Waals surface area contributed by atoms with Crippen molar-refractivity contribution in [2.45, 2.75) is 32.1 Å². The van der Waals surface area contributed by atoms with Gasteiger partial charge in [-0.3, -0.25) is 9.59 Å². The lowest BCUT2D eigenvalue weighted by Gasteiger charge is -2.27. The van der Waals surface area contributed by atoms with Crippen molar-refractivity contribution in [3.8, 4) is 0 Å². The van der Waals surface area contributed by atoms with Crippen molar-refractivity contribution in [1.29, 1.82) is 0 Å². The number of hydrogen-bond acceptors (Lipinski definition) is 2. The Morgan fingerprint density at radius 3 is 2.44 bits per heavy atom. The molecule has 1 aromatic carbocycles. The number of carboxylic acids is 1. The van der Waals surface area contributed by atoms with E-state index in [4.69, 9.17) is 0 Å². The molecule has 1 fully saturated rings. The van der Waals surface area contributed by atoms with Gasteiger partial charge < -0.3 is 5.11 Å². The van der Waals surface area contributed by atoms with Gasteiger partial charge in [0.05, 0.1) is 5.92 Å². The van der Waals surface area contributed by atoms with Crippen molar-refractivity contribution >= 4 is 11.8 Å². The van der Waals surface area contributed by atoms with Gasteiger partial charge in [-0.15, -0.1) is 0 Å². The number of carboxylic acid groups (broad SMARTS) is 1. The van der Waals surface area contributed by atoms with Gasteiger partial charge in [0.15, 0.2) is 5.78 Å². The summed E-state index contributed by atoms with van der Waals surface area (Å²) in [5.41, 5.74) is 0.687. The second kappa shape index (κ2) is 5.80. The number of ketones is 1. The maximum absolute atomic E-state index is 12.1. The predicted octanol–water partition coefficient (Wildman–Crippen LogP) is 3.15. The standard InChI is InChI=1S/C15H18O3/c16-14(11-6-2-1-3-7-11)10-12-8-4-5-9-13(12)15(17)18/h1-3,6-7,12-13H,4-5,8-10H2,(H,17,18)/t12-,13-/m1/s1. The zero-order valence-electron chi connectivity index (χ0n) is 10.3. The molecule has 3 heteroatoms. The Morgan fingerprint density at radius 2 is 1.78 bits per heavy atom. The average molecular weight is 246 g/mol. The minimum Gasteiger partial charge on any atom is -0.481 e. The maximum atomic E-state index is 12.1. The Bertz CT molecular complexity index is 425. The van der Waals surface area contributed by atoms with Crippen LogP contribution in [0.5, 0.6) is 0 Å². The molecule has 1 aromatic rings. The lowest BCUT2D eigenvalue weighted by Crippen LogP contribution is -2.28. The molecule has 1 aliphatic carbocycles. The number of aliphatic carboxylic acids is 1. The average Bonchev–Trinajstić information content (AvgIpc) is 2.40. The van der Waals surface area contributed by atoms with Crippen LogP contribution in [0, 0.1) is 11.8 Å². The van der Waals surface area contributed by atoms with Crippen LogP contribution in [0.1, 0.15) is 42.5 Å². The fraction of sp³-hybridized carbons (Fsp3) is 0.467. The molecule has 2 atom stereocenters. The molecule has 2 rings (SSSR count). The van der Waals surface area contributed by atoms with E-state index in [1.807, 2.05) is 18.2 Å². The second-order valence-electron chi connectivity index (χ2n) is 4.98. The van der Waals surface area contributed by atoms with Crippen LogP contribution in [-0.2, 0) is 4.79 Å². The van der Waals surface area contributed by atoms with Gasteiger partial charge in [-0.1, -0.05) is 43.2 Å². The van der Waals surface area contributed by atoms with Crippen LogP contribution < -0.4 is 0 Å². The Morgan fingerprint density at radius 1 is 1.11 bits per heavy atom. The minimum absolute atomic E-state index is 0.00366. The van der Waals surface area contributed by atoms with Crippen molar-refractivity contribution in [2.75, 3.05) is 0 Å². The van der Waals surface area contributed by atoms with Gasteiger partial charge in [-0.25, -0.2) is 0 Å². The molecule has 0 saturated heterocycles. The Kier molecular flexibility index (Phi) is 4.13. The number of Topliss-reactive ketones (excluding diaryl/α,β-unsaturated/α-hetero) is 1. The number of carbonyl (C=O) groups is 2. The van der Waals surface area contributed by atoms with Gasteiger partial charge in [0.2, 0.25) is 0 Å². The number of benzene rings is 1. The molecule has 96 valence electrons. The van der Waals surface area contributed by atoms with Crippen molar-refractivity contribution < 1.29 is 14.7 Å². The van der Waals surface area contributed by atoms with E-state index in [2.05, 4.69) is 0 Å². The topological polar surface area (TPSA) is 54.4 Å². The molecule has 0 bridgehead atoms. The summed E-state index contributed by atoms with van der Waals surface area (Å²) in [6.07, 6.45) is 3.93. The van der Waals surface area contributed by atoms with Crippen LogP contribution in [-0.4, -0.2) is 16.9 Å². The summed E-state index contributed by atoms with van der Waals surface area (Å²) in [4.78, 5) is 23.3. The maximum Gasteiger partial charge on any atom is 0.306 e. The highest BCUT2D eigenvalue weighted by Gasteiger charge is 2.32. The van der Waals surface area contributed by atoms with Gasteiger partial charge in [-0.2, -0.15) is 0 Å². The molecule has 0 spiro atoms. The molecule has 3 nitrogen and oxygen atoms in total. The summed E-state index contributed by atoms with van der Waals surface area (Å²) in [5, 5.41) is 9.18. The Balaban J connectivity index is 2.03. The molecule has 1 saturated carbocycles. The van der Waals surface area contributed by atoms with Crippen molar-refractivity contribution in [3.05, 3.63) is 35.9 Å². The first-order chi connectivity index (χ1) is 8.68. The molecule has 0 aromatic heterocycles. The van der Waals surface area contributed by atoms with Crippen molar-refractivity contribution in [1.82, 2.24) is 0 Å². The van der Waals surface area contributed by atoms with Crippen LogP contribution in [0.15, 0.2) is 30.3 Å². The quantitative estimate of drug-likeness (QED) is 0.830. The number of carbonyl (C=O) groups excluding carboxylic acids is 1. The summed E-state index contributed by atoms with van der Waals surface area (Å²) < 4.78 is 0. The highest BCUT2D eigenvalue weighted by molar-refractivity contribution is 5.96. The van der Waals surface area contributed by atoms with E-state index >= 15 is 0 Å². The molecule has 0 heterocycles. The van der Waals surface area contributed by atoms with E-state index in [1.54, 1.807) is 12.1 Å². The first-order valence-corrected chi connectivity index (χ1v) is 6.49. The van der Waals surface area contributed by atoms with Crippen LogP contribution >= 0.6 is 0 Å². The summed E-state index contributed by atoms with van der Waals surface area (Å²) in [5.74, 6) is -1.02. The summed E-state index contributed by atoms with van der Waals surface area (Å²) >= 11 is 0. The van der Waals surface area contributed by atoms with Crippen LogP contribution in [0.4, 0.5) is 0 Å². The van der Waals surface area contributed by atoms with E-state index in [1.165, 1.54) is 0 Å². The van der Waals surface area contributed by atoms with Crippen molar-refractivity contribution in [2.24, 2.45) is 11.8 Å². The minimum atomic E-state index is -0.749. The van der Waals surface area contributed by atoms with Gasteiger partial charge in [-0.05, 0) is 18.8 Å². The molecule has 0 radical (unpaired) electrons. The van der Waals surface area contributed by atoms with E-state index in [0.29, 0.717) is 18.4 Å². The molecule has 18 heavy (non-hydrogen) atoms. The third-order valence-corrected chi connectivity index (χ3v) is 3.77. The van der Waals surface area contributed by atoms with E-state index in [9.17, 15) is 14.7 Å². The Labute approximate surface area is 107 Å². The SMILES string of the molecule is O=C(C[C@H]1CCCC[C@H]1C(=O)O)c1ccccc1. The van der Waals surface area contributed by atoms with Crippen LogP contribution in [0.25, 0.3) is 0 Å². The first kappa shape index (κ1) is 12.8. The van der Waals surface area contributed by atoms with Crippen LogP contribution in [0.2, 0.25) is 0 Å². The smallest absolute Gasteiger partial charge is 0.306 e. The van der Waals surface area contributed by atoms with Gasteiger partial charge in [0, 0.05) is 12.0 Å². The van der Waals surface area contributed by atoms with Crippen LogP contribution in [0.3, 0.4) is 0 Å². The summed E-state index contributed by atoms with van der Waals surface area (Å²) in [7, 11) is 0. The van der Waals surface area contributed by atoms with Gasteiger partial charge >= 0.3 is 5.97 Å². The first-order valence-electron chi connectivity index (χ1n) is 6.49. The second-order valence-corrected chi connectivity index (χ2v) is 4.98. The molecular formula is C15H18O3. The molecule has 0 amide bonds. The summed E-state index contributed by atoms with van der Waals surface area (Å²) in [6.45, 7) is 0. The molecule has 1 N–H and O–H groups in total. The van der Waals surface area contributed by atoms with Gasteiger partial charge in [0.25, 0.3) is 0 Å². The largest absolute Gasteiger partial charge is 0.481 e. The predicted molar refractivity (Wildman–Crippen MR) is 68.5 cm³/mol.